The van der Waals surface area contributed by atoms with Gasteiger partial charge in [0.2, 0.25) is 11.8 Å². The van der Waals surface area contributed by atoms with Gasteiger partial charge in [0.1, 0.15) is 11.8 Å². The van der Waals surface area contributed by atoms with Crippen LogP contribution < -0.4 is 10.1 Å². The van der Waals surface area contributed by atoms with E-state index in [0.717, 1.165) is 16.0 Å². The van der Waals surface area contributed by atoms with Crippen molar-refractivity contribution in [3.63, 3.8) is 0 Å². The van der Waals surface area contributed by atoms with E-state index in [1.54, 1.807) is 24.1 Å². The average Bonchev–Trinajstić information content (AvgIpc) is 2.85. The second-order valence-corrected chi connectivity index (χ2v) is 11.0. The summed E-state index contributed by atoms with van der Waals surface area (Å²) in [4.78, 5) is 29.9. The molecular formula is C29H33ClN2O3S. The van der Waals surface area contributed by atoms with Gasteiger partial charge in [-0.25, -0.2) is 0 Å². The van der Waals surface area contributed by atoms with Crippen molar-refractivity contribution in [1.29, 1.82) is 0 Å². The molecule has 0 aliphatic rings. The van der Waals surface area contributed by atoms with Crippen LogP contribution in [0.25, 0.3) is 0 Å². The number of nitrogens with zero attached hydrogens (tertiary/aromatic N) is 1. The van der Waals surface area contributed by atoms with Gasteiger partial charge in [-0.05, 0) is 68.3 Å². The van der Waals surface area contributed by atoms with Gasteiger partial charge in [-0.15, -0.1) is 11.8 Å². The molecular weight excluding hydrogens is 492 g/mol. The highest BCUT2D eigenvalue weighted by atomic mass is 35.5. The topological polar surface area (TPSA) is 58.6 Å². The summed E-state index contributed by atoms with van der Waals surface area (Å²) >= 11 is 7.43. The van der Waals surface area contributed by atoms with Crippen LogP contribution in [0.4, 0.5) is 0 Å². The summed E-state index contributed by atoms with van der Waals surface area (Å²) in [6.07, 6.45) is 0.407. The van der Waals surface area contributed by atoms with E-state index in [-0.39, 0.29) is 24.1 Å². The molecule has 0 unspecified atom stereocenters. The maximum absolute atomic E-state index is 13.7. The van der Waals surface area contributed by atoms with Crippen LogP contribution >= 0.6 is 23.4 Å². The average molecular weight is 525 g/mol. The van der Waals surface area contributed by atoms with Crippen LogP contribution in [0.2, 0.25) is 5.02 Å². The highest BCUT2D eigenvalue weighted by molar-refractivity contribution is 8.00. The van der Waals surface area contributed by atoms with Gasteiger partial charge in [-0.1, -0.05) is 54.1 Å². The molecule has 1 N–H and O–H groups in total. The molecule has 0 aliphatic carbocycles. The molecule has 3 aromatic rings. The van der Waals surface area contributed by atoms with E-state index in [0.29, 0.717) is 17.2 Å². The van der Waals surface area contributed by atoms with Crippen molar-refractivity contribution < 1.29 is 14.3 Å². The fraction of sp³-hybridized carbons (Fsp3) is 0.310. The molecule has 0 saturated carbocycles. The lowest BCUT2D eigenvalue weighted by atomic mass is 10.0. The van der Waals surface area contributed by atoms with Gasteiger partial charge >= 0.3 is 0 Å². The summed E-state index contributed by atoms with van der Waals surface area (Å²) in [6.45, 7) is 6.10. The molecule has 3 rings (SSSR count). The van der Waals surface area contributed by atoms with Gasteiger partial charge in [0.25, 0.3) is 0 Å². The number of methoxy groups -OCH3 is 1. The number of ether oxygens (including phenoxy) is 1. The molecule has 190 valence electrons. The lowest BCUT2D eigenvalue weighted by Crippen LogP contribution is -2.54. The van der Waals surface area contributed by atoms with E-state index in [9.17, 15) is 9.59 Å². The highest BCUT2D eigenvalue weighted by Gasteiger charge is 2.32. The van der Waals surface area contributed by atoms with E-state index in [2.05, 4.69) is 5.32 Å². The Hall–Kier alpha value is -2.96. The van der Waals surface area contributed by atoms with Crippen LogP contribution in [0.1, 0.15) is 31.9 Å². The van der Waals surface area contributed by atoms with Crippen molar-refractivity contribution in [3.8, 4) is 5.75 Å². The Morgan fingerprint density at radius 2 is 1.64 bits per heavy atom. The Kier molecular flexibility index (Phi) is 9.85. The fourth-order valence-electron chi connectivity index (χ4n) is 3.73. The van der Waals surface area contributed by atoms with Crippen LogP contribution in [0.15, 0.2) is 83.8 Å². The van der Waals surface area contributed by atoms with E-state index in [1.807, 2.05) is 87.5 Å². The zero-order chi connectivity index (χ0) is 26.1. The monoisotopic (exact) mass is 524 g/mol. The molecule has 0 heterocycles. The van der Waals surface area contributed by atoms with Gasteiger partial charge < -0.3 is 15.0 Å². The first kappa shape index (κ1) is 27.6. The summed E-state index contributed by atoms with van der Waals surface area (Å²) in [5, 5.41) is 3.73. The Balaban J connectivity index is 1.93. The van der Waals surface area contributed by atoms with Gasteiger partial charge in [0, 0.05) is 28.4 Å². The molecule has 0 fully saturated rings. The van der Waals surface area contributed by atoms with Gasteiger partial charge in [-0.2, -0.15) is 0 Å². The lowest BCUT2D eigenvalue weighted by Gasteiger charge is -2.34. The van der Waals surface area contributed by atoms with Gasteiger partial charge in [0.15, 0.2) is 0 Å². The van der Waals surface area contributed by atoms with Crippen LogP contribution in [0.3, 0.4) is 0 Å². The first-order valence-corrected chi connectivity index (χ1v) is 13.2. The predicted octanol–water partition coefficient (Wildman–Crippen LogP) is 6.00. The zero-order valence-electron chi connectivity index (χ0n) is 21.2. The van der Waals surface area contributed by atoms with E-state index in [1.165, 1.54) is 11.8 Å². The zero-order valence-corrected chi connectivity index (χ0v) is 22.7. The van der Waals surface area contributed by atoms with E-state index in [4.69, 9.17) is 16.3 Å². The number of rotatable bonds is 10. The van der Waals surface area contributed by atoms with Crippen molar-refractivity contribution in [2.24, 2.45) is 0 Å². The molecule has 3 aromatic carbocycles. The second-order valence-electron chi connectivity index (χ2n) is 9.56. The van der Waals surface area contributed by atoms with E-state index >= 15 is 0 Å². The summed E-state index contributed by atoms with van der Waals surface area (Å²) in [5.74, 6) is 0.593. The maximum atomic E-state index is 13.7. The quantitative estimate of drug-likeness (QED) is 0.331. The normalized spacial score (nSPS) is 12.0. The summed E-state index contributed by atoms with van der Waals surface area (Å²) in [6, 6.07) is 24.1. The number of thioether (sulfide) groups is 1. The highest BCUT2D eigenvalue weighted by Crippen LogP contribution is 2.24. The number of carbonyl (C=O) groups excluding carboxylic acids is 2. The first-order chi connectivity index (χ1) is 17.1. The molecule has 1 atom stereocenters. The molecule has 7 heteroatoms. The third-order valence-electron chi connectivity index (χ3n) is 5.43. The van der Waals surface area contributed by atoms with Crippen molar-refractivity contribution in [2.45, 2.75) is 50.2 Å². The number of nitrogens with one attached hydrogen (secondary N) is 1. The summed E-state index contributed by atoms with van der Waals surface area (Å²) < 4.78 is 5.38. The Morgan fingerprint density at radius 3 is 2.28 bits per heavy atom. The summed E-state index contributed by atoms with van der Waals surface area (Å²) in [5.41, 5.74) is 1.44. The van der Waals surface area contributed by atoms with Crippen molar-refractivity contribution in [1.82, 2.24) is 10.2 Å². The number of amides is 2. The molecule has 5 nitrogen and oxygen atoms in total. The van der Waals surface area contributed by atoms with Gasteiger partial charge in [0.05, 0.1) is 12.9 Å². The van der Waals surface area contributed by atoms with Crippen molar-refractivity contribution >= 4 is 35.2 Å². The standard InChI is InChI=1S/C29H33ClN2O3S/c1-29(2,3)31-28(34)26(18-21-9-6-5-7-10-21)32(19-22-11-8-12-24(17-22)35-4)27(33)20-36-25-15-13-23(30)14-16-25/h5-17,26H,18-20H2,1-4H3,(H,31,34)/t26-/m0/s1. The van der Waals surface area contributed by atoms with Crippen molar-refractivity contribution in [3.05, 3.63) is 95.0 Å². The second kappa shape index (κ2) is 12.8. The molecule has 0 radical (unpaired) electrons. The lowest BCUT2D eigenvalue weighted by molar-refractivity contribution is -0.140. The van der Waals surface area contributed by atoms with Crippen LogP contribution in [0, 0.1) is 0 Å². The number of hydrogen-bond acceptors (Lipinski definition) is 4. The third-order valence-corrected chi connectivity index (χ3v) is 6.68. The molecule has 0 spiro atoms. The van der Waals surface area contributed by atoms with Crippen LogP contribution in [-0.2, 0) is 22.6 Å². The van der Waals surface area contributed by atoms with Crippen molar-refractivity contribution in [2.75, 3.05) is 12.9 Å². The Bertz CT molecular complexity index is 1150. The van der Waals surface area contributed by atoms with Gasteiger partial charge in [-0.3, -0.25) is 9.59 Å². The molecule has 0 bridgehead atoms. The third kappa shape index (κ3) is 8.61. The van der Waals surface area contributed by atoms with Crippen LogP contribution in [-0.4, -0.2) is 41.2 Å². The number of benzene rings is 3. The maximum Gasteiger partial charge on any atom is 0.243 e. The Morgan fingerprint density at radius 1 is 0.972 bits per heavy atom. The molecule has 0 aliphatic heterocycles. The molecule has 0 aromatic heterocycles. The number of hydrogen-bond donors (Lipinski definition) is 1. The number of halogens is 1. The first-order valence-electron chi connectivity index (χ1n) is 11.8. The van der Waals surface area contributed by atoms with Crippen LogP contribution in [0.5, 0.6) is 5.75 Å². The number of carbonyl (C=O) groups is 2. The minimum atomic E-state index is -0.684. The molecule has 2 amide bonds. The predicted molar refractivity (Wildman–Crippen MR) is 148 cm³/mol. The smallest absolute Gasteiger partial charge is 0.243 e. The molecule has 36 heavy (non-hydrogen) atoms. The molecule has 0 saturated heterocycles. The minimum Gasteiger partial charge on any atom is -0.497 e. The largest absolute Gasteiger partial charge is 0.497 e. The fourth-order valence-corrected chi connectivity index (χ4v) is 4.64. The van der Waals surface area contributed by atoms with E-state index < -0.39 is 11.6 Å². The Labute approximate surface area is 223 Å². The minimum absolute atomic E-state index is 0.122. The summed E-state index contributed by atoms with van der Waals surface area (Å²) in [7, 11) is 1.61. The SMILES string of the molecule is COc1cccc(CN(C(=O)CSc2ccc(Cl)cc2)[C@@H](Cc2ccccc2)C(=O)NC(C)(C)C)c1.